The van der Waals surface area contributed by atoms with E-state index in [-0.39, 0.29) is 31.8 Å². The molecule has 26 heavy (non-hydrogen) atoms. The molecular weight excluding hydrogens is 354 g/mol. The van der Waals surface area contributed by atoms with Crippen LogP contribution in [0.1, 0.15) is 42.1 Å². The van der Waals surface area contributed by atoms with Crippen LogP contribution in [-0.2, 0) is 14.3 Å². The zero-order chi connectivity index (χ0) is 19.1. The van der Waals surface area contributed by atoms with Crippen LogP contribution in [0.3, 0.4) is 0 Å². The number of aliphatic carboxylic acids is 1. The maximum absolute atomic E-state index is 12.4. The molecule has 0 aliphatic rings. The van der Waals surface area contributed by atoms with Gasteiger partial charge in [0.15, 0.2) is 0 Å². The van der Waals surface area contributed by atoms with Crippen LogP contribution in [0.25, 0.3) is 11.1 Å². The van der Waals surface area contributed by atoms with Crippen molar-refractivity contribution >= 4 is 34.2 Å². The summed E-state index contributed by atoms with van der Waals surface area (Å²) < 4.78 is 5.15. The van der Waals surface area contributed by atoms with Crippen molar-refractivity contribution in [3.63, 3.8) is 0 Å². The molecule has 0 radical (unpaired) electrons. The number of hydrogen-bond donors (Lipinski definition) is 2. The smallest absolute Gasteiger partial charge is 0.341 e. The Morgan fingerprint density at radius 3 is 2.46 bits per heavy atom. The number of nitrogens with one attached hydrogen (secondary N) is 1. The number of carboxylic acid groups (broad SMARTS) is 1. The molecule has 7 heteroatoms. The SMILES string of the molecule is CCOC(=O)c1c(-c2ccc(C)cc2)csc1NC(=O)CCCC(=O)O. The van der Waals surface area contributed by atoms with Gasteiger partial charge in [0.25, 0.3) is 0 Å². The average Bonchev–Trinajstić information content (AvgIpc) is 2.99. The minimum Gasteiger partial charge on any atom is -0.481 e. The number of anilines is 1. The van der Waals surface area contributed by atoms with Crippen LogP contribution in [0.15, 0.2) is 29.6 Å². The van der Waals surface area contributed by atoms with Gasteiger partial charge in [-0.25, -0.2) is 4.79 Å². The second-order valence-corrected chi connectivity index (χ2v) is 6.62. The summed E-state index contributed by atoms with van der Waals surface area (Å²) in [4.78, 5) is 35.0. The Morgan fingerprint density at radius 1 is 1.15 bits per heavy atom. The molecule has 0 aliphatic heterocycles. The minimum absolute atomic E-state index is 0.0722. The summed E-state index contributed by atoms with van der Waals surface area (Å²) in [6, 6.07) is 7.73. The first-order valence-electron chi connectivity index (χ1n) is 8.29. The van der Waals surface area contributed by atoms with Gasteiger partial charge in [-0.05, 0) is 25.8 Å². The van der Waals surface area contributed by atoms with Crippen molar-refractivity contribution in [3.05, 3.63) is 40.8 Å². The molecular formula is C19H21NO5S. The van der Waals surface area contributed by atoms with E-state index in [2.05, 4.69) is 5.32 Å². The van der Waals surface area contributed by atoms with E-state index in [4.69, 9.17) is 9.84 Å². The third-order valence-electron chi connectivity index (χ3n) is 3.68. The molecule has 0 atom stereocenters. The van der Waals surface area contributed by atoms with E-state index in [1.54, 1.807) is 6.92 Å². The maximum Gasteiger partial charge on any atom is 0.341 e. The van der Waals surface area contributed by atoms with Gasteiger partial charge in [-0.2, -0.15) is 0 Å². The van der Waals surface area contributed by atoms with E-state index in [0.717, 1.165) is 11.1 Å². The maximum atomic E-state index is 12.4. The molecule has 0 bridgehead atoms. The molecule has 1 amide bonds. The number of esters is 1. The zero-order valence-corrected chi connectivity index (χ0v) is 15.5. The molecule has 0 unspecified atom stereocenters. The highest BCUT2D eigenvalue weighted by atomic mass is 32.1. The van der Waals surface area contributed by atoms with Crippen molar-refractivity contribution in [3.8, 4) is 11.1 Å². The van der Waals surface area contributed by atoms with Gasteiger partial charge in [0.1, 0.15) is 10.6 Å². The van der Waals surface area contributed by atoms with Crippen LogP contribution in [0.5, 0.6) is 0 Å². The Labute approximate surface area is 155 Å². The summed E-state index contributed by atoms with van der Waals surface area (Å²) in [5, 5.41) is 13.6. The summed E-state index contributed by atoms with van der Waals surface area (Å²) in [6.45, 7) is 3.93. The van der Waals surface area contributed by atoms with Crippen molar-refractivity contribution < 1.29 is 24.2 Å². The van der Waals surface area contributed by atoms with Crippen LogP contribution < -0.4 is 5.32 Å². The fraction of sp³-hybridized carbons (Fsp3) is 0.316. The van der Waals surface area contributed by atoms with E-state index < -0.39 is 11.9 Å². The standard InChI is InChI=1S/C19H21NO5S/c1-3-25-19(24)17-14(13-9-7-12(2)8-10-13)11-26-18(17)20-15(21)5-4-6-16(22)23/h7-11H,3-6H2,1-2H3,(H,20,21)(H,22,23). The number of hydrogen-bond acceptors (Lipinski definition) is 5. The third kappa shape index (κ3) is 5.16. The van der Waals surface area contributed by atoms with E-state index >= 15 is 0 Å². The van der Waals surface area contributed by atoms with E-state index in [1.165, 1.54) is 11.3 Å². The normalized spacial score (nSPS) is 10.4. The molecule has 6 nitrogen and oxygen atoms in total. The quantitative estimate of drug-likeness (QED) is 0.678. The lowest BCUT2D eigenvalue weighted by Crippen LogP contribution is -2.14. The largest absolute Gasteiger partial charge is 0.481 e. The predicted octanol–water partition coefficient (Wildman–Crippen LogP) is 4.09. The molecule has 0 fully saturated rings. The molecule has 0 spiro atoms. The highest BCUT2D eigenvalue weighted by Crippen LogP contribution is 2.36. The first kappa shape index (κ1) is 19.7. The molecule has 2 N–H and O–H groups in total. The number of aryl methyl sites for hydroxylation is 1. The van der Waals surface area contributed by atoms with Gasteiger partial charge in [0.2, 0.25) is 5.91 Å². The van der Waals surface area contributed by atoms with Crippen LogP contribution in [0.2, 0.25) is 0 Å². The summed E-state index contributed by atoms with van der Waals surface area (Å²) >= 11 is 1.25. The van der Waals surface area contributed by atoms with Gasteiger partial charge >= 0.3 is 11.9 Å². The van der Waals surface area contributed by atoms with Crippen molar-refractivity contribution in [2.24, 2.45) is 0 Å². The number of carbonyl (C=O) groups excluding carboxylic acids is 2. The summed E-state index contributed by atoms with van der Waals surface area (Å²) in [5.74, 6) is -1.76. The number of rotatable bonds is 8. The molecule has 2 rings (SSSR count). The van der Waals surface area contributed by atoms with Crippen LogP contribution >= 0.6 is 11.3 Å². The topological polar surface area (TPSA) is 92.7 Å². The van der Waals surface area contributed by atoms with Crippen molar-refractivity contribution in [2.75, 3.05) is 11.9 Å². The van der Waals surface area contributed by atoms with Gasteiger partial charge in [-0.3, -0.25) is 9.59 Å². The van der Waals surface area contributed by atoms with Crippen LogP contribution in [-0.4, -0.2) is 29.6 Å². The average molecular weight is 375 g/mol. The Hall–Kier alpha value is -2.67. The molecule has 0 saturated carbocycles. The first-order chi connectivity index (χ1) is 12.4. The highest BCUT2D eigenvalue weighted by Gasteiger charge is 2.22. The number of ether oxygens (including phenoxy) is 1. The molecule has 1 aromatic heterocycles. The molecule has 0 saturated heterocycles. The molecule has 1 aromatic carbocycles. The summed E-state index contributed by atoms with van der Waals surface area (Å²) in [5.41, 5.74) is 3.00. The Morgan fingerprint density at radius 2 is 1.85 bits per heavy atom. The van der Waals surface area contributed by atoms with E-state index in [0.29, 0.717) is 16.1 Å². The van der Waals surface area contributed by atoms with E-state index in [9.17, 15) is 14.4 Å². The second kappa shape index (κ2) is 9.15. The van der Waals surface area contributed by atoms with Gasteiger partial charge in [-0.15, -0.1) is 11.3 Å². The first-order valence-corrected chi connectivity index (χ1v) is 9.17. The number of benzene rings is 1. The van der Waals surface area contributed by atoms with Crippen LogP contribution in [0, 0.1) is 6.92 Å². The van der Waals surface area contributed by atoms with Gasteiger partial charge < -0.3 is 15.2 Å². The number of amides is 1. The fourth-order valence-electron chi connectivity index (χ4n) is 2.39. The summed E-state index contributed by atoms with van der Waals surface area (Å²) in [6.07, 6.45) is 0.246. The van der Waals surface area contributed by atoms with Crippen molar-refractivity contribution in [2.45, 2.75) is 33.1 Å². The molecule has 1 heterocycles. The fourth-order valence-corrected chi connectivity index (χ4v) is 3.36. The molecule has 0 aliphatic carbocycles. The molecule has 2 aromatic rings. The lowest BCUT2D eigenvalue weighted by atomic mass is 10.0. The predicted molar refractivity (Wildman–Crippen MR) is 101 cm³/mol. The Kier molecular flexibility index (Phi) is 6.91. The highest BCUT2D eigenvalue weighted by molar-refractivity contribution is 7.15. The van der Waals surface area contributed by atoms with Gasteiger partial charge in [-0.1, -0.05) is 29.8 Å². The number of thiophene rings is 1. The van der Waals surface area contributed by atoms with Crippen molar-refractivity contribution in [1.29, 1.82) is 0 Å². The number of carbonyl (C=O) groups is 3. The summed E-state index contributed by atoms with van der Waals surface area (Å²) in [7, 11) is 0. The minimum atomic E-state index is -0.942. The Balaban J connectivity index is 2.25. The lowest BCUT2D eigenvalue weighted by Gasteiger charge is -2.09. The Bertz CT molecular complexity index is 795. The van der Waals surface area contributed by atoms with Gasteiger partial charge in [0, 0.05) is 23.8 Å². The zero-order valence-electron chi connectivity index (χ0n) is 14.7. The van der Waals surface area contributed by atoms with Gasteiger partial charge in [0.05, 0.1) is 6.61 Å². The third-order valence-corrected chi connectivity index (χ3v) is 4.58. The lowest BCUT2D eigenvalue weighted by molar-refractivity contribution is -0.137. The van der Waals surface area contributed by atoms with Crippen molar-refractivity contribution in [1.82, 2.24) is 0 Å². The van der Waals surface area contributed by atoms with Crippen LogP contribution in [0.4, 0.5) is 5.00 Å². The van der Waals surface area contributed by atoms with E-state index in [1.807, 2.05) is 36.6 Å². The molecule has 138 valence electrons. The number of carboxylic acids is 1. The second-order valence-electron chi connectivity index (χ2n) is 5.74. The monoisotopic (exact) mass is 375 g/mol.